The minimum Gasteiger partial charge on any atom is -0.464 e. The van der Waals surface area contributed by atoms with Gasteiger partial charge in [-0.05, 0) is 25.8 Å². The minimum atomic E-state index is -0.853. The van der Waals surface area contributed by atoms with Crippen molar-refractivity contribution in [2.24, 2.45) is 5.92 Å². The van der Waals surface area contributed by atoms with Crippen molar-refractivity contribution in [2.45, 2.75) is 52.4 Å². The monoisotopic (exact) mass is 369 g/mol. The van der Waals surface area contributed by atoms with Gasteiger partial charge in [-0.3, -0.25) is 9.59 Å². The third-order valence-electron chi connectivity index (χ3n) is 4.72. The molecule has 148 valence electrons. The van der Waals surface area contributed by atoms with Crippen LogP contribution in [-0.2, 0) is 23.9 Å². The summed E-state index contributed by atoms with van der Waals surface area (Å²) in [4.78, 5) is 41.0. The molecule has 0 aliphatic carbocycles. The summed E-state index contributed by atoms with van der Waals surface area (Å²) in [6.45, 7) is 12.1. The Hall–Kier alpha value is -1.67. The van der Waals surface area contributed by atoms with Crippen LogP contribution in [0, 0.1) is 5.92 Å². The Labute approximate surface area is 155 Å². The lowest BCUT2D eigenvalue weighted by Gasteiger charge is -2.36. The number of hydrogen-bond acceptors (Lipinski definition) is 6. The lowest BCUT2D eigenvalue weighted by Crippen LogP contribution is -2.55. The third-order valence-corrected chi connectivity index (χ3v) is 4.72. The van der Waals surface area contributed by atoms with Gasteiger partial charge in [0.05, 0.1) is 6.61 Å². The first-order valence-corrected chi connectivity index (χ1v) is 9.50. The van der Waals surface area contributed by atoms with E-state index in [-0.39, 0.29) is 18.4 Å². The van der Waals surface area contributed by atoms with Gasteiger partial charge >= 0.3 is 5.97 Å². The molecule has 2 saturated heterocycles. The van der Waals surface area contributed by atoms with Crippen molar-refractivity contribution < 1.29 is 23.9 Å². The van der Waals surface area contributed by atoms with Gasteiger partial charge in [0.25, 0.3) is 5.91 Å². The number of esters is 1. The molecule has 2 aliphatic heterocycles. The first-order valence-electron chi connectivity index (χ1n) is 9.50. The second kappa shape index (κ2) is 9.32. The molecule has 2 rings (SSSR count). The van der Waals surface area contributed by atoms with E-state index in [1.165, 1.54) is 0 Å². The summed E-state index contributed by atoms with van der Waals surface area (Å²) >= 11 is 0. The first-order chi connectivity index (χ1) is 12.4. The van der Waals surface area contributed by atoms with Crippen LogP contribution in [0.5, 0.6) is 0 Å². The maximum atomic E-state index is 12.9. The van der Waals surface area contributed by atoms with Crippen molar-refractivity contribution in [3.8, 4) is 0 Å². The number of piperazine rings is 1. The highest BCUT2D eigenvalue weighted by Crippen LogP contribution is 2.24. The molecule has 26 heavy (non-hydrogen) atoms. The molecule has 2 fully saturated rings. The fourth-order valence-electron chi connectivity index (χ4n) is 3.17. The third kappa shape index (κ3) is 5.41. The molecule has 0 aromatic heterocycles. The molecule has 8 heteroatoms. The highest BCUT2D eigenvalue weighted by atomic mass is 16.6. The van der Waals surface area contributed by atoms with Gasteiger partial charge in [-0.15, -0.1) is 0 Å². The predicted octanol–water partition coefficient (Wildman–Crippen LogP) is 0.0119. The van der Waals surface area contributed by atoms with Crippen LogP contribution in [0.15, 0.2) is 0 Å². The van der Waals surface area contributed by atoms with Crippen molar-refractivity contribution >= 4 is 17.8 Å². The maximum absolute atomic E-state index is 12.9. The molecule has 2 heterocycles. The second-order valence-corrected chi connectivity index (χ2v) is 7.18. The van der Waals surface area contributed by atoms with Crippen LogP contribution in [0.1, 0.15) is 34.1 Å². The Kier molecular flexibility index (Phi) is 7.40. The van der Waals surface area contributed by atoms with E-state index in [4.69, 9.17) is 9.47 Å². The topological polar surface area (TPSA) is 91.5 Å². The Balaban J connectivity index is 1.92. The van der Waals surface area contributed by atoms with E-state index < -0.39 is 30.1 Å². The number of epoxide rings is 1. The zero-order chi connectivity index (χ0) is 19.3. The standard InChI is InChI=1S/C18H31N3O5/c1-5-20-7-9-21(10-8-20)17(23)13(11-12(3)4)19-16(22)14-15(26-14)18(24)25-6-2/h12-15H,5-11H2,1-4H3,(H,19,22)/t13-,14-,15-/m0/s1. The number of hydrogen-bond donors (Lipinski definition) is 1. The molecule has 0 unspecified atom stereocenters. The van der Waals surface area contributed by atoms with Gasteiger partial charge in [-0.1, -0.05) is 20.8 Å². The van der Waals surface area contributed by atoms with Crippen LogP contribution in [0.25, 0.3) is 0 Å². The lowest BCUT2D eigenvalue weighted by atomic mass is 10.0. The summed E-state index contributed by atoms with van der Waals surface area (Å²) in [7, 11) is 0. The fraction of sp³-hybridized carbons (Fsp3) is 0.833. The highest BCUT2D eigenvalue weighted by Gasteiger charge is 2.52. The summed E-state index contributed by atoms with van der Waals surface area (Å²) in [5.74, 6) is -0.761. The smallest absolute Gasteiger partial charge is 0.338 e. The molecule has 0 spiro atoms. The normalized spacial score (nSPS) is 24.3. The second-order valence-electron chi connectivity index (χ2n) is 7.18. The molecular formula is C18H31N3O5. The quantitative estimate of drug-likeness (QED) is 0.479. The SMILES string of the molecule is CCOC(=O)[C@H]1O[C@@H]1C(=O)N[C@@H](CC(C)C)C(=O)N1CCN(CC)CC1. The Morgan fingerprint density at radius 1 is 1.12 bits per heavy atom. The Bertz CT molecular complexity index is 517. The maximum Gasteiger partial charge on any atom is 0.338 e. The van der Waals surface area contributed by atoms with Gasteiger partial charge in [-0.25, -0.2) is 4.79 Å². The largest absolute Gasteiger partial charge is 0.464 e. The number of amides is 2. The van der Waals surface area contributed by atoms with Crippen molar-refractivity contribution in [1.29, 1.82) is 0 Å². The minimum absolute atomic E-state index is 0.0591. The number of nitrogens with zero attached hydrogens (tertiary/aromatic N) is 2. The summed E-state index contributed by atoms with van der Waals surface area (Å²) in [6, 6.07) is -0.595. The highest BCUT2D eigenvalue weighted by molar-refractivity contribution is 5.95. The van der Waals surface area contributed by atoms with E-state index in [9.17, 15) is 14.4 Å². The fourth-order valence-corrected chi connectivity index (χ4v) is 3.17. The van der Waals surface area contributed by atoms with Crippen LogP contribution in [0.2, 0.25) is 0 Å². The van der Waals surface area contributed by atoms with Gasteiger partial charge in [0.2, 0.25) is 5.91 Å². The van der Waals surface area contributed by atoms with E-state index in [0.717, 1.165) is 19.6 Å². The molecule has 0 radical (unpaired) electrons. The van der Waals surface area contributed by atoms with Gasteiger partial charge in [-0.2, -0.15) is 0 Å². The molecule has 3 atom stereocenters. The number of carbonyl (C=O) groups excluding carboxylic acids is 3. The van der Waals surface area contributed by atoms with E-state index in [2.05, 4.69) is 17.1 Å². The van der Waals surface area contributed by atoms with E-state index in [0.29, 0.717) is 19.5 Å². The number of nitrogens with one attached hydrogen (secondary N) is 1. The van der Waals surface area contributed by atoms with Crippen LogP contribution in [0.4, 0.5) is 0 Å². The van der Waals surface area contributed by atoms with Gasteiger partial charge < -0.3 is 24.6 Å². The number of carbonyl (C=O) groups is 3. The molecular weight excluding hydrogens is 338 g/mol. The van der Waals surface area contributed by atoms with Crippen LogP contribution in [0.3, 0.4) is 0 Å². The molecule has 0 aromatic rings. The number of likely N-dealkylation sites (N-methyl/N-ethyl adjacent to an activating group) is 1. The zero-order valence-corrected chi connectivity index (χ0v) is 16.2. The van der Waals surface area contributed by atoms with E-state index in [1.54, 1.807) is 6.92 Å². The average Bonchev–Trinajstić information content (AvgIpc) is 3.41. The summed E-state index contributed by atoms with van der Waals surface area (Å²) in [6.07, 6.45) is -1.15. The summed E-state index contributed by atoms with van der Waals surface area (Å²) in [5.41, 5.74) is 0. The predicted molar refractivity (Wildman–Crippen MR) is 95.4 cm³/mol. The lowest BCUT2D eigenvalue weighted by molar-refractivity contribution is -0.144. The van der Waals surface area contributed by atoms with Crippen LogP contribution >= 0.6 is 0 Å². The number of rotatable bonds is 8. The van der Waals surface area contributed by atoms with E-state index in [1.807, 2.05) is 18.7 Å². The first kappa shape index (κ1) is 20.6. The number of ether oxygens (including phenoxy) is 2. The Morgan fingerprint density at radius 3 is 2.31 bits per heavy atom. The van der Waals surface area contributed by atoms with Crippen molar-refractivity contribution in [1.82, 2.24) is 15.1 Å². The molecule has 8 nitrogen and oxygen atoms in total. The molecule has 0 aromatic carbocycles. The van der Waals surface area contributed by atoms with Crippen LogP contribution in [-0.4, -0.2) is 85.2 Å². The van der Waals surface area contributed by atoms with Gasteiger partial charge in [0.1, 0.15) is 6.04 Å². The van der Waals surface area contributed by atoms with E-state index >= 15 is 0 Å². The van der Waals surface area contributed by atoms with Crippen molar-refractivity contribution in [3.05, 3.63) is 0 Å². The van der Waals surface area contributed by atoms with Crippen molar-refractivity contribution in [3.63, 3.8) is 0 Å². The molecule has 1 N–H and O–H groups in total. The summed E-state index contributed by atoms with van der Waals surface area (Å²) < 4.78 is 9.99. The van der Waals surface area contributed by atoms with Crippen LogP contribution < -0.4 is 5.32 Å². The molecule has 2 amide bonds. The van der Waals surface area contributed by atoms with Gasteiger partial charge in [0.15, 0.2) is 12.2 Å². The molecule has 0 bridgehead atoms. The summed E-state index contributed by atoms with van der Waals surface area (Å²) in [5, 5.41) is 2.78. The molecule has 0 saturated carbocycles. The Morgan fingerprint density at radius 2 is 1.77 bits per heavy atom. The van der Waals surface area contributed by atoms with Crippen molar-refractivity contribution in [2.75, 3.05) is 39.3 Å². The van der Waals surface area contributed by atoms with Gasteiger partial charge in [0, 0.05) is 26.2 Å². The average molecular weight is 369 g/mol. The molecule has 2 aliphatic rings. The zero-order valence-electron chi connectivity index (χ0n) is 16.2.